The Balaban J connectivity index is 1.71. The van der Waals surface area contributed by atoms with Gasteiger partial charge in [-0.3, -0.25) is 0 Å². The zero-order chi connectivity index (χ0) is 14.7. The number of fused-ring (bicyclic) bond motifs is 1. The lowest BCUT2D eigenvalue weighted by Gasteiger charge is -2.26. The summed E-state index contributed by atoms with van der Waals surface area (Å²) < 4.78 is 16.3. The molecule has 1 aromatic heterocycles. The normalized spacial score (nSPS) is 16.8. The summed E-state index contributed by atoms with van der Waals surface area (Å²) in [6.45, 7) is 0.708. The van der Waals surface area contributed by atoms with Crippen molar-refractivity contribution in [3.63, 3.8) is 0 Å². The third kappa shape index (κ3) is 2.94. The number of aromatic nitrogens is 1. The van der Waals surface area contributed by atoms with E-state index >= 15 is 0 Å². The number of rotatable bonds is 4. The van der Waals surface area contributed by atoms with E-state index in [1.807, 2.05) is 24.4 Å². The molecule has 110 valence electrons. The number of methoxy groups -OCH3 is 2. The molecule has 0 spiro atoms. The molecule has 0 fully saturated rings. The largest absolute Gasteiger partial charge is 0.493 e. The Hall–Kier alpha value is -2.23. The van der Waals surface area contributed by atoms with Crippen LogP contribution in [0.3, 0.4) is 0 Å². The summed E-state index contributed by atoms with van der Waals surface area (Å²) in [5.74, 6) is 2.81. The molecule has 1 aliphatic heterocycles. The zero-order valence-electron chi connectivity index (χ0n) is 12.3. The van der Waals surface area contributed by atoms with Crippen LogP contribution in [0.1, 0.15) is 11.1 Å². The summed E-state index contributed by atoms with van der Waals surface area (Å²) >= 11 is 0. The van der Waals surface area contributed by atoms with Crippen LogP contribution >= 0.6 is 0 Å². The lowest BCUT2D eigenvalue weighted by Crippen LogP contribution is -2.23. The average molecular weight is 285 g/mol. The maximum Gasteiger partial charge on any atom is 0.212 e. The highest BCUT2D eigenvalue weighted by Gasteiger charge is 2.22. The molecule has 3 rings (SSSR count). The van der Waals surface area contributed by atoms with Crippen molar-refractivity contribution >= 4 is 0 Å². The number of hydrogen-bond donors (Lipinski definition) is 0. The summed E-state index contributed by atoms with van der Waals surface area (Å²) in [5, 5.41) is 0. The molecule has 0 bridgehead atoms. The van der Waals surface area contributed by atoms with Crippen LogP contribution in [-0.4, -0.2) is 25.8 Å². The minimum Gasteiger partial charge on any atom is -0.493 e. The molecule has 1 unspecified atom stereocenters. The predicted molar refractivity (Wildman–Crippen MR) is 80.2 cm³/mol. The monoisotopic (exact) mass is 285 g/mol. The van der Waals surface area contributed by atoms with Gasteiger partial charge in [-0.25, -0.2) is 4.98 Å². The lowest BCUT2D eigenvalue weighted by molar-refractivity contribution is 0.211. The number of nitrogens with zero attached hydrogens (tertiary/aromatic N) is 1. The fourth-order valence-electron chi connectivity index (χ4n) is 2.73. The van der Waals surface area contributed by atoms with Crippen molar-refractivity contribution in [2.45, 2.75) is 12.8 Å². The maximum atomic E-state index is 5.91. The van der Waals surface area contributed by atoms with Gasteiger partial charge in [0.25, 0.3) is 0 Å². The van der Waals surface area contributed by atoms with Crippen LogP contribution in [0.25, 0.3) is 0 Å². The van der Waals surface area contributed by atoms with E-state index in [9.17, 15) is 0 Å². The molecule has 0 aliphatic carbocycles. The molecule has 2 heterocycles. The Kier molecular flexibility index (Phi) is 3.95. The first-order valence-corrected chi connectivity index (χ1v) is 7.07. The highest BCUT2D eigenvalue weighted by Crippen LogP contribution is 2.36. The molecule has 1 aliphatic rings. The van der Waals surface area contributed by atoms with Crippen molar-refractivity contribution in [3.05, 3.63) is 47.7 Å². The van der Waals surface area contributed by atoms with Crippen LogP contribution < -0.4 is 14.2 Å². The van der Waals surface area contributed by atoms with Gasteiger partial charge in [-0.2, -0.15) is 0 Å². The summed E-state index contributed by atoms with van der Waals surface area (Å²) in [5.41, 5.74) is 2.42. The average Bonchev–Trinajstić information content (AvgIpc) is 2.54. The summed E-state index contributed by atoms with van der Waals surface area (Å²) in [6, 6.07) is 10.0. The Morgan fingerprint density at radius 3 is 2.81 bits per heavy atom. The molecule has 0 amide bonds. The third-order valence-corrected chi connectivity index (χ3v) is 3.78. The fourth-order valence-corrected chi connectivity index (χ4v) is 2.73. The highest BCUT2D eigenvalue weighted by molar-refractivity contribution is 5.47. The van der Waals surface area contributed by atoms with Crippen molar-refractivity contribution in [1.82, 2.24) is 4.98 Å². The lowest BCUT2D eigenvalue weighted by atomic mass is 9.91. The van der Waals surface area contributed by atoms with Gasteiger partial charge in [0.2, 0.25) is 5.88 Å². The van der Waals surface area contributed by atoms with Gasteiger partial charge in [0, 0.05) is 18.2 Å². The fraction of sp³-hybridized carbons (Fsp3) is 0.353. The second kappa shape index (κ2) is 6.04. The number of ether oxygens (including phenoxy) is 3. The highest BCUT2D eigenvalue weighted by atomic mass is 16.5. The topological polar surface area (TPSA) is 40.6 Å². The minimum atomic E-state index is 0.458. The van der Waals surface area contributed by atoms with E-state index in [2.05, 4.69) is 17.1 Å². The van der Waals surface area contributed by atoms with Gasteiger partial charge in [0.05, 0.1) is 20.8 Å². The molecule has 0 saturated carbocycles. The quantitative estimate of drug-likeness (QED) is 0.866. The van der Waals surface area contributed by atoms with Gasteiger partial charge in [-0.15, -0.1) is 0 Å². The second-order valence-electron chi connectivity index (χ2n) is 5.24. The van der Waals surface area contributed by atoms with Crippen molar-refractivity contribution < 1.29 is 14.2 Å². The number of benzene rings is 1. The zero-order valence-corrected chi connectivity index (χ0v) is 12.3. The molecule has 4 heteroatoms. The van der Waals surface area contributed by atoms with Gasteiger partial charge >= 0.3 is 0 Å². The molecule has 0 N–H and O–H groups in total. The van der Waals surface area contributed by atoms with Crippen LogP contribution in [0.2, 0.25) is 0 Å². The first-order chi connectivity index (χ1) is 10.3. The van der Waals surface area contributed by atoms with Crippen LogP contribution in [0, 0.1) is 5.92 Å². The number of pyridine rings is 1. The smallest absolute Gasteiger partial charge is 0.212 e. The number of hydrogen-bond acceptors (Lipinski definition) is 4. The summed E-state index contributed by atoms with van der Waals surface area (Å²) in [4.78, 5) is 4.25. The van der Waals surface area contributed by atoms with E-state index in [0.29, 0.717) is 18.4 Å². The Bertz CT molecular complexity index is 610. The van der Waals surface area contributed by atoms with Crippen molar-refractivity contribution in [2.24, 2.45) is 5.92 Å². The van der Waals surface area contributed by atoms with E-state index in [1.54, 1.807) is 14.2 Å². The first kappa shape index (κ1) is 13.7. The van der Waals surface area contributed by atoms with Crippen molar-refractivity contribution in [1.29, 1.82) is 0 Å². The predicted octanol–water partition coefficient (Wildman–Crippen LogP) is 2.89. The van der Waals surface area contributed by atoms with Gasteiger partial charge in [0.15, 0.2) is 11.5 Å². The summed E-state index contributed by atoms with van der Waals surface area (Å²) in [7, 11) is 3.30. The molecule has 21 heavy (non-hydrogen) atoms. The van der Waals surface area contributed by atoms with Gasteiger partial charge in [0.1, 0.15) is 0 Å². The van der Waals surface area contributed by atoms with Crippen LogP contribution in [0.4, 0.5) is 0 Å². The standard InChI is InChI=1S/C17H19NO3/c1-19-15-5-3-4-14-9-13(11-21-17(14)15)8-12-6-7-16(20-2)18-10-12/h3-7,10,13H,8-9,11H2,1-2H3. The molecule has 2 aromatic rings. The summed E-state index contributed by atoms with van der Waals surface area (Å²) in [6.07, 6.45) is 3.83. The Morgan fingerprint density at radius 2 is 2.10 bits per heavy atom. The number of para-hydroxylation sites is 1. The molecule has 0 saturated heterocycles. The first-order valence-electron chi connectivity index (χ1n) is 7.07. The SMILES string of the molecule is COc1ccc(CC2COc3c(cccc3OC)C2)cn1. The minimum absolute atomic E-state index is 0.458. The van der Waals surface area contributed by atoms with E-state index < -0.39 is 0 Å². The third-order valence-electron chi connectivity index (χ3n) is 3.78. The second-order valence-corrected chi connectivity index (χ2v) is 5.24. The van der Waals surface area contributed by atoms with Crippen LogP contribution in [0.15, 0.2) is 36.5 Å². The van der Waals surface area contributed by atoms with Crippen LogP contribution in [0.5, 0.6) is 17.4 Å². The molecule has 1 atom stereocenters. The van der Waals surface area contributed by atoms with Gasteiger partial charge in [-0.1, -0.05) is 18.2 Å². The molecule has 1 aromatic carbocycles. The van der Waals surface area contributed by atoms with E-state index in [-0.39, 0.29) is 0 Å². The molecular weight excluding hydrogens is 266 g/mol. The van der Waals surface area contributed by atoms with Gasteiger partial charge in [-0.05, 0) is 30.0 Å². The van der Waals surface area contributed by atoms with Crippen LogP contribution in [-0.2, 0) is 12.8 Å². The molecule has 0 radical (unpaired) electrons. The van der Waals surface area contributed by atoms with E-state index in [4.69, 9.17) is 14.2 Å². The van der Waals surface area contributed by atoms with Gasteiger partial charge < -0.3 is 14.2 Å². The Morgan fingerprint density at radius 1 is 1.19 bits per heavy atom. The molecular formula is C17H19NO3. The van der Waals surface area contributed by atoms with E-state index in [0.717, 1.165) is 24.3 Å². The van der Waals surface area contributed by atoms with Crippen molar-refractivity contribution in [3.8, 4) is 17.4 Å². The van der Waals surface area contributed by atoms with Crippen molar-refractivity contribution in [2.75, 3.05) is 20.8 Å². The molecule has 4 nitrogen and oxygen atoms in total. The van der Waals surface area contributed by atoms with E-state index in [1.165, 1.54) is 11.1 Å². The Labute approximate surface area is 124 Å². The maximum absolute atomic E-state index is 5.91.